The summed E-state index contributed by atoms with van der Waals surface area (Å²) in [4.78, 5) is 30.6. The van der Waals surface area contributed by atoms with Crippen LogP contribution in [0.3, 0.4) is 0 Å². The van der Waals surface area contributed by atoms with Crippen LogP contribution in [0.4, 0.5) is 20.2 Å². The first-order valence-electron chi connectivity index (χ1n) is 16.1. The number of alkyl halides is 1. The molecule has 1 fully saturated rings. The molecule has 0 aliphatic carbocycles. The molecule has 52 heavy (non-hydrogen) atoms. The maximum absolute atomic E-state index is 14.5. The minimum atomic E-state index is -4.15. The number of hydrazine groups is 1. The van der Waals surface area contributed by atoms with Crippen molar-refractivity contribution in [3.8, 4) is 22.5 Å². The van der Waals surface area contributed by atoms with Crippen LogP contribution in [0.15, 0.2) is 101 Å². The fourth-order valence-electron chi connectivity index (χ4n) is 6.17. The highest BCUT2D eigenvalue weighted by Crippen LogP contribution is 2.42. The Morgan fingerprint density at radius 2 is 1.60 bits per heavy atom. The molecule has 4 aromatic carbocycles. The number of amides is 2. The summed E-state index contributed by atoms with van der Waals surface area (Å²) in [6, 6.07) is 23.9. The highest BCUT2D eigenvalue weighted by atomic mass is 32.2. The monoisotopic (exact) mass is 730 g/mol. The number of hydrazone groups is 1. The minimum Gasteiger partial charge on any atom is -0.455 e. The number of sulfonamides is 1. The number of hydrogen-bond acceptors (Lipinski definition) is 8. The van der Waals surface area contributed by atoms with Crippen molar-refractivity contribution in [2.24, 2.45) is 16.8 Å². The van der Waals surface area contributed by atoms with E-state index < -0.39 is 28.5 Å². The molecule has 16 heteroatoms. The van der Waals surface area contributed by atoms with Crippen LogP contribution in [0.5, 0.6) is 0 Å². The van der Waals surface area contributed by atoms with Gasteiger partial charge in [-0.2, -0.15) is 0 Å². The highest BCUT2D eigenvalue weighted by Gasteiger charge is 2.29. The van der Waals surface area contributed by atoms with Gasteiger partial charge in [-0.05, 0) is 60.2 Å². The Labute approximate surface area is 298 Å². The van der Waals surface area contributed by atoms with Gasteiger partial charge in [-0.3, -0.25) is 9.59 Å². The Morgan fingerprint density at radius 1 is 0.923 bits per heavy atom. The topological polar surface area (TPSA) is 171 Å². The van der Waals surface area contributed by atoms with E-state index in [2.05, 4.69) is 10.4 Å². The molecule has 0 atom stereocenters. The van der Waals surface area contributed by atoms with Crippen LogP contribution in [-0.2, 0) is 10.0 Å². The van der Waals surface area contributed by atoms with Gasteiger partial charge in [-0.25, -0.2) is 32.4 Å². The molecule has 0 bridgehead atoms. The van der Waals surface area contributed by atoms with Gasteiger partial charge in [-0.1, -0.05) is 30.3 Å². The summed E-state index contributed by atoms with van der Waals surface area (Å²) < 4.78 is 60.6. The molecule has 0 spiro atoms. The molecule has 6 rings (SSSR count). The van der Waals surface area contributed by atoms with Gasteiger partial charge >= 0.3 is 0 Å². The van der Waals surface area contributed by atoms with E-state index >= 15 is 0 Å². The number of halogens is 2. The summed E-state index contributed by atoms with van der Waals surface area (Å²) in [6.07, 6.45) is 0.868. The molecule has 1 aromatic heterocycles. The zero-order valence-electron chi connectivity index (χ0n) is 28.3. The van der Waals surface area contributed by atoms with Crippen LogP contribution in [0.25, 0.3) is 33.4 Å². The van der Waals surface area contributed by atoms with E-state index in [1.165, 1.54) is 48.5 Å². The minimum absolute atomic E-state index is 0.0723. The number of rotatable bonds is 8. The van der Waals surface area contributed by atoms with Crippen LogP contribution < -0.4 is 26.3 Å². The number of carbonyl (C=O) groups is 2. The lowest BCUT2D eigenvalue weighted by molar-refractivity contribution is 0.0690. The Bertz CT molecular complexity index is 2260. The fourth-order valence-corrected chi connectivity index (χ4v) is 6.85. The van der Waals surface area contributed by atoms with Crippen LogP contribution in [-0.4, -0.2) is 82.3 Å². The molecule has 0 unspecified atom stereocenters. The molecule has 0 radical (unpaired) electrons. The van der Waals surface area contributed by atoms with E-state index in [1.54, 1.807) is 29.2 Å². The normalized spacial score (nSPS) is 13.7. The molecule has 2 heterocycles. The molecule has 5 N–H and O–H groups in total. The average molecular weight is 731 g/mol. The van der Waals surface area contributed by atoms with Gasteiger partial charge in [0.1, 0.15) is 17.2 Å². The summed E-state index contributed by atoms with van der Waals surface area (Å²) in [7, 11) is -2.71. The summed E-state index contributed by atoms with van der Waals surface area (Å²) in [5.74, 6) is 11.2. The Balaban J connectivity index is 1.37. The van der Waals surface area contributed by atoms with Crippen LogP contribution in [0.2, 0.25) is 0 Å². The van der Waals surface area contributed by atoms with Crippen molar-refractivity contribution in [2.45, 2.75) is 0 Å². The van der Waals surface area contributed by atoms with E-state index in [0.717, 1.165) is 6.26 Å². The molecule has 1 aliphatic rings. The van der Waals surface area contributed by atoms with Crippen molar-refractivity contribution < 1.29 is 31.2 Å². The Hall–Kier alpha value is -6.00. The van der Waals surface area contributed by atoms with Gasteiger partial charge in [-0.15, -0.1) is 5.10 Å². The van der Waals surface area contributed by atoms with E-state index in [-0.39, 0.29) is 34.1 Å². The maximum atomic E-state index is 14.5. The van der Waals surface area contributed by atoms with Gasteiger partial charge in [0.2, 0.25) is 16.0 Å². The van der Waals surface area contributed by atoms with E-state index in [0.29, 0.717) is 64.2 Å². The van der Waals surface area contributed by atoms with Gasteiger partial charge in [0.25, 0.3) is 11.8 Å². The fraction of sp³-hybridized carbons (Fsp3) is 0.194. The number of carbonyl (C=O) groups excluding carboxylic acids is 2. The molecule has 1 saturated heterocycles. The Morgan fingerprint density at radius 3 is 2.21 bits per heavy atom. The van der Waals surface area contributed by atoms with Gasteiger partial charge in [0.15, 0.2) is 6.80 Å². The van der Waals surface area contributed by atoms with Crippen molar-refractivity contribution >= 4 is 50.1 Å². The van der Waals surface area contributed by atoms with E-state index in [1.807, 2.05) is 35.2 Å². The number of piperazine rings is 1. The molecule has 0 saturated carbocycles. The molecule has 1 aliphatic heterocycles. The number of nitrogens with zero attached hydrogens (tertiary/aromatic N) is 5. The van der Waals surface area contributed by atoms with E-state index in [9.17, 15) is 26.8 Å². The second-order valence-electron chi connectivity index (χ2n) is 12.0. The molecular weight excluding hydrogens is 695 g/mol. The number of guanidine groups is 1. The first-order valence-corrected chi connectivity index (χ1v) is 17.9. The van der Waals surface area contributed by atoms with Crippen molar-refractivity contribution in [3.05, 3.63) is 108 Å². The second kappa shape index (κ2) is 14.7. The number of fused-ring (bicyclic) bond motifs is 1. The highest BCUT2D eigenvalue weighted by molar-refractivity contribution is 7.92. The quantitative estimate of drug-likeness (QED) is 0.0692. The lowest BCUT2D eigenvalue weighted by Gasteiger charge is -2.38. The van der Waals surface area contributed by atoms with Crippen molar-refractivity contribution in [3.63, 3.8) is 0 Å². The lowest BCUT2D eigenvalue weighted by Crippen LogP contribution is -2.56. The number of hydrogen-bond donors (Lipinski definition) is 3. The summed E-state index contributed by atoms with van der Waals surface area (Å²) >= 11 is 0. The third kappa shape index (κ3) is 6.97. The van der Waals surface area contributed by atoms with Gasteiger partial charge < -0.3 is 25.4 Å². The maximum Gasteiger partial charge on any atom is 0.255 e. The second-order valence-corrected chi connectivity index (χ2v) is 13.9. The number of furan rings is 1. The Kier molecular flexibility index (Phi) is 10.1. The molecule has 5 aromatic rings. The zero-order chi connectivity index (χ0) is 37.2. The van der Waals surface area contributed by atoms with E-state index in [4.69, 9.17) is 16.1 Å². The number of anilines is 2. The smallest absolute Gasteiger partial charge is 0.255 e. The molecule has 270 valence electrons. The number of para-hydroxylation sites is 1. The van der Waals surface area contributed by atoms with Crippen molar-refractivity contribution in [1.82, 2.24) is 15.1 Å². The third-order valence-corrected chi connectivity index (χ3v) is 9.87. The van der Waals surface area contributed by atoms with Gasteiger partial charge in [0.05, 0.1) is 23.2 Å². The number of nitrogens with one attached hydrogen (secondary N) is 1. The van der Waals surface area contributed by atoms with Crippen LogP contribution in [0, 0.1) is 5.82 Å². The summed E-state index contributed by atoms with van der Waals surface area (Å²) in [5.41, 5.74) is 2.11. The largest absolute Gasteiger partial charge is 0.455 e. The lowest BCUT2D eigenvalue weighted by atomic mass is 9.97. The standard InChI is InChI=1S/C36H36F2N8O5S/c1-41-34(47)32-29-20-28(30(45(22-37)52(2,49)50)21-31(29)51-33(32)23-11-13-26(38)14-12-23)24-7-6-8-25(19-24)35(48)43-15-17-44(18-16-43)36(42-39)46(40)27-9-4-3-5-10-27/h3-14,19-21H,15-18,22,39-40H2,1-2H3,(H,41,47)/b42-36-. The first kappa shape index (κ1) is 35.8. The van der Waals surface area contributed by atoms with Crippen molar-refractivity contribution in [2.75, 3.05) is 55.6 Å². The van der Waals surface area contributed by atoms with Gasteiger partial charge in [0, 0.05) is 61.4 Å². The first-order chi connectivity index (χ1) is 24.9. The van der Waals surface area contributed by atoms with Crippen LogP contribution in [0.1, 0.15) is 20.7 Å². The predicted molar refractivity (Wildman–Crippen MR) is 196 cm³/mol. The average Bonchev–Trinajstić information content (AvgIpc) is 3.53. The van der Waals surface area contributed by atoms with Crippen molar-refractivity contribution in [1.29, 1.82) is 0 Å². The van der Waals surface area contributed by atoms with Crippen LogP contribution >= 0.6 is 0 Å². The molecule has 13 nitrogen and oxygen atoms in total. The third-order valence-electron chi connectivity index (χ3n) is 8.78. The SMILES string of the molecule is CNC(=O)c1c(-c2ccc(F)cc2)oc2cc(N(CF)S(C)(=O)=O)c(-c3cccc(C(=O)N4CCN(/C(=N/N)N(N)c5ccccc5)CC4)c3)cc12. The summed E-state index contributed by atoms with van der Waals surface area (Å²) in [5, 5.41) is 8.15. The predicted octanol–water partition coefficient (Wildman–Crippen LogP) is 4.33. The molecular formula is C36H36F2N8O5S. The zero-order valence-corrected chi connectivity index (χ0v) is 29.1. The number of benzene rings is 4. The molecule has 2 amide bonds. The number of nitrogens with two attached hydrogens (primary N) is 2. The summed E-state index contributed by atoms with van der Waals surface area (Å²) in [6.45, 7) is 0.0286.